The highest BCUT2D eigenvalue weighted by Crippen LogP contribution is 2.16. The summed E-state index contributed by atoms with van der Waals surface area (Å²) in [6.45, 7) is 0. The highest BCUT2D eigenvalue weighted by Gasteiger charge is 2.08. The maximum absolute atomic E-state index is 11.3. The predicted octanol–water partition coefficient (Wildman–Crippen LogP) is 4.80. The monoisotopic (exact) mass is 462 g/mol. The minimum Gasteiger partial charge on any atom is -0.507 e. The molecule has 0 aliphatic heterocycles. The molecule has 148 valence electrons. The third kappa shape index (κ3) is 8.54. The molecule has 0 saturated heterocycles. The molecule has 4 N–H and O–H groups in total. The van der Waals surface area contributed by atoms with Crippen molar-refractivity contribution < 1.29 is 19.8 Å². The van der Waals surface area contributed by atoms with Crippen molar-refractivity contribution in [2.75, 3.05) is 0 Å². The number of nitrogens with one attached hydrogen (secondary N) is 2. The van der Waals surface area contributed by atoms with Gasteiger partial charge >= 0.3 is 0 Å². The minimum absolute atomic E-state index is 0.0613. The quantitative estimate of drug-likeness (QED) is 0.523. The van der Waals surface area contributed by atoms with Crippen LogP contribution in [0.3, 0.4) is 0 Å². The van der Waals surface area contributed by atoms with Crippen LogP contribution in [0.4, 0.5) is 0 Å². The van der Waals surface area contributed by atoms with Crippen molar-refractivity contribution in [3.05, 3.63) is 81.0 Å². The fourth-order valence-electron chi connectivity index (χ4n) is 1.73. The van der Waals surface area contributed by atoms with Crippen molar-refractivity contribution in [1.82, 2.24) is 10.6 Å². The number of carbonyl (C=O) groups excluding carboxylic acids is 2. The fraction of sp³-hybridized carbons (Fsp3) is 0. The maximum Gasteiger partial charge on any atom is 0.259 e. The zero-order valence-corrected chi connectivity index (χ0v) is 17.0. The molecule has 6 nitrogen and oxygen atoms in total. The third-order valence-electron chi connectivity index (χ3n) is 2.92. The molecule has 28 heavy (non-hydrogen) atoms. The summed E-state index contributed by atoms with van der Waals surface area (Å²) in [7, 11) is 0. The lowest BCUT2D eigenvalue weighted by Gasteiger charge is -2.01. The number of amides is 2. The van der Waals surface area contributed by atoms with Gasteiger partial charge < -0.3 is 20.8 Å². The summed E-state index contributed by atoms with van der Waals surface area (Å²) in [5.41, 5.74) is 0.330. The Balaban J connectivity index is 0.000000280. The van der Waals surface area contributed by atoms with Crippen molar-refractivity contribution in [3.8, 4) is 11.5 Å². The third-order valence-corrected chi connectivity index (χ3v) is 3.36. The Kier molecular flexibility index (Phi) is 10.3. The number of carbonyl (C=O) groups is 2. The van der Waals surface area contributed by atoms with Crippen LogP contribution < -0.4 is 10.6 Å². The molecule has 0 fully saturated rings. The Bertz CT molecular complexity index is 819. The zero-order chi connectivity index (χ0) is 21.1. The van der Waals surface area contributed by atoms with E-state index in [9.17, 15) is 19.8 Å². The molecule has 0 radical (unpaired) electrons. The maximum atomic E-state index is 11.3. The van der Waals surface area contributed by atoms with Gasteiger partial charge in [-0.2, -0.15) is 0 Å². The average Bonchev–Trinajstić information content (AvgIpc) is 2.65. The molecule has 0 unspecified atom stereocenters. The van der Waals surface area contributed by atoms with Gasteiger partial charge in [-0.15, -0.1) is 0 Å². The second-order valence-electron chi connectivity index (χ2n) is 4.85. The van der Waals surface area contributed by atoms with E-state index < -0.39 is 11.8 Å². The Morgan fingerprint density at radius 2 is 1.00 bits per heavy atom. The summed E-state index contributed by atoms with van der Waals surface area (Å²) in [4.78, 5) is 22.7. The van der Waals surface area contributed by atoms with Crippen molar-refractivity contribution in [3.63, 3.8) is 0 Å². The van der Waals surface area contributed by atoms with Gasteiger partial charge in [0.05, 0.1) is 11.1 Å². The van der Waals surface area contributed by atoms with E-state index in [0.29, 0.717) is 0 Å². The first-order valence-electron chi connectivity index (χ1n) is 7.42. The standard InChI is InChI=1S/2C9H7Cl2NO2/c2*10-8(11)5-12-9(14)6-3-1-2-4-7(6)13/h2*1-5,13H,(H,12,14). The zero-order valence-electron chi connectivity index (χ0n) is 14.0. The summed E-state index contributed by atoms with van der Waals surface area (Å²) in [6, 6.07) is 12.3. The van der Waals surface area contributed by atoms with Crippen LogP contribution in [0.5, 0.6) is 11.5 Å². The van der Waals surface area contributed by atoms with E-state index in [1.165, 1.54) is 24.3 Å². The number of benzene rings is 2. The summed E-state index contributed by atoms with van der Waals surface area (Å²) < 4.78 is -0.123. The molecule has 0 aliphatic carbocycles. The van der Waals surface area contributed by atoms with Gasteiger partial charge in [-0.3, -0.25) is 9.59 Å². The summed E-state index contributed by atoms with van der Waals surface area (Å²) in [6.07, 6.45) is 2.27. The first kappa shape index (κ1) is 23.7. The predicted molar refractivity (Wildman–Crippen MR) is 111 cm³/mol. The highest BCUT2D eigenvalue weighted by molar-refractivity contribution is 6.56. The first-order chi connectivity index (χ1) is 13.2. The van der Waals surface area contributed by atoms with E-state index >= 15 is 0 Å². The van der Waals surface area contributed by atoms with Crippen molar-refractivity contribution in [2.24, 2.45) is 0 Å². The fourth-order valence-corrected chi connectivity index (χ4v) is 1.95. The summed E-state index contributed by atoms with van der Waals surface area (Å²) in [5, 5.41) is 23.2. The van der Waals surface area contributed by atoms with Gasteiger partial charge in [0, 0.05) is 12.4 Å². The Hall–Kier alpha value is -2.38. The number of para-hydroxylation sites is 2. The van der Waals surface area contributed by atoms with E-state index in [1.807, 2.05) is 0 Å². The molecule has 2 rings (SSSR count). The average molecular weight is 464 g/mol. The van der Waals surface area contributed by atoms with Crippen molar-refractivity contribution in [1.29, 1.82) is 0 Å². The largest absolute Gasteiger partial charge is 0.507 e. The molecule has 0 atom stereocenters. The van der Waals surface area contributed by atoms with Crippen molar-refractivity contribution in [2.45, 2.75) is 0 Å². The number of hydrogen-bond donors (Lipinski definition) is 4. The molecule has 2 aromatic rings. The Morgan fingerprint density at radius 3 is 1.29 bits per heavy atom. The molecule has 0 spiro atoms. The van der Waals surface area contributed by atoms with Crippen LogP contribution in [-0.2, 0) is 0 Å². The molecule has 2 amide bonds. The molecule has 0 bridgehead atoms. The minimum atomic E-state index is -0.470. The van der Waals surface area contributed by atoms with Crippen molar-refractivity contribution >= 4 is 58.2 Å². The van der Waals surface area contributed by atoms with Gasteiger partial charge in [-0.1, -0.05) is 70.7 Å². The van der Waals surface area contributed by atoms with Crippen LogP contribution in [0, 0.1) is 0 Å². The topological polar surface area (TPSA) is 98.7 Å². The van der Waals surface area contributed by atoms with Crippen LogP contribution in [0.2, 0.25) is 0 Å². The molecule has 0 aliphatic rings. The van der Waals surface area contributed by atoms with E-state index in [4.69, 9.17) is 46.4 Å². The lowest BCUT2D eigenvalue weighted by Crippen LogP contribution is -2.17. The first-order valence-corrected chi connectivity index (χ1v) is 8.93. The molecular weight excluding hydrogens is 450 g/mol. The van der Waals surface area contributed by atoms with Gasteiger partial charge in [0.25, 0.3) is 11.8 Å². The van der Waals surface area contributed by atoms with Gasteiger partial charge in [0.15, 0.2) is 0 Å². The highest BCUT2D eigenvalue weighted by atomic mass is 35.5. The van der Waals surface area contributed by atoms with E-state index in [0.717, 1.165) is 12.4 Å². The normalized spacial score (nSPS) is 9.29. The SMILES string of the molecule is O=C(NC=C(Cl)Cl)c1ccccc1O.O=C(NC=C(Cl)Cl)c1ccccc1O. The lowest BCUT2D eigenvalue weighted by atomic mass is 10.2. The van der Waals surface area contributed by atoms with E-state index in [-0.39, 0.29) is 31.6 Å². The summed E-state index contributed by atoms with van der Waals surface area (Å²) >= 11 is 21.2. The smallest absolute Gasteiger partial charge is 0.259 e. The molecule has 0 aromatic heterocycles. The number of phenols is 2. The van der Waals surface area contributed by atoms with Gasteiger partial charge in [0.1, 0.15) is 20.5 Å². The number of aromatic hydroxyl groups is 2. The second kappa shape index (κ2) is 12.2. The van der Waals surface area contributed by atoms with E-state index in [2.05, 4.69) is 10.6 Å². The Morgan fingerprint density at radius 1 is 0.679 bits per heavy atom. The van der Waals surface area contributed by atoms with Crippen LogP contribution in [0.25, 0.3) is 0 Å². The Labute approximate surface area is 181 Å². The van der Waals surface area contributed by atoms with E-state index in [1.54, 1.807) is 24.3 Å². The van der Waals surface area contributed by atoms with Crippen LogP contribution >= 0.6 is 46.4 Å². The number of hydrogen-bond acceptors (Lipinski definition) is 4. The number of halogens is 4. The van der Waals surface area contributed by atoms with Crippen LogP contribution in [0.15, 0.2) is 69.9 Å². The number of rotatable bonds is 4. The molecular formula is C18H14Cl4N2O4. The summed E-state index contributed by atoms with van der Waals surface area (Å²) in [5.74, 6) is -1.13. The number of phenolic OH excluding ortho intramolecular Hbond substituents is 2. The lowest BCUT2D eigenvalue weighted by molar-refractivity contribution is 0.0959. The molecule has 2 aromatic carbocycles. The molecule has 0 heterocycles. The second-order valence-corrected chi connectivity index (χ2v) is 6.86. The van der Waals surface area contributed by atoms with Crippen LogP contribution in [-0.4, -0.2) is 22.0 Å². The molecule has 10 heteroatoms. The van der Waals surface area contributed by atoms with Gasteiger partial charge in [-0.25, -0.2) is 0 Å². The van der Waals surface area contributed by atoms with Gasteiger partial charge in [-0.05, 0) is 24.3 Å². The van der Waals surface area contributed by atoms with Gasteiger partial charge in [0.2, 0.25) is 0 Å². The molecule has 0 saturated carbocycles. The van der Waals surface area contributed by atoms with Crippen LogP contribution in [0.1, 0.15) is 20.7 Å².